The molecule has 2 aromatic carbocycles. The third-order valence-corrected chi connectivity index (χ3v) is 4.11. The maximum atomic E-state index is 13.6. The molecule has 2 rings (SSSR count). The summed E-state index contributed by atoms with van der Waals surface area (Å²) in [5, 5.41) is 13.0. The van der Waals surface area contributed by atoms with E-state index in [9.17, 15) is 19.3 Å². The average molecular weight is 350 g/mol. The summed E-state index contributed by atoms with van der Waals surface area (Å²) < 4.78 is 18.7. The lowest BCUT2D eigenvalue weighted by molar-refractivity contribution is -0.384. The van der Waals surface area contributed by atoms with Gasteiger partial charge in [0.15, 0.2) is 0 Å². The van der Waals surface area contributed by atoms with E-state index in [1.54, 1.807) is 7.11 Å². The van der Waals surface area contributed by atoms with Crippen molar-refractivity contribution in [1.29, 1.82) is 0 Å². The van der Waals surface area contributed by atoms with Crippen LogP contribution in [-0.4, -0.2) is 23.7 Å². The Labute approximate surface area is 142 Å². The SMILES string of the molecule is COc1ccc(SCCC(=O)Nc2cc([N+](=O)[O-])ccc2F)cc1. The van der Waals surface area contributed by atoms with Crippen molar-refractivity contribution < 1.29 is 18.8 Å². The summed E-state index contributed by atoms with van der Waals surface area (Å²) in [4.78, 5) is 22.9. The highest BCUT2D eigenvalue weighted by Gasteiger charge is 2.13. The number of nitro groups is 1. The lowest BCUT2D eigenvalue weighted by atomic mass is 10.2. The molecule has 0 heterocycles. The van der Waals surface area contributed by atoms with Crippen LogP contribution >= 0.6 is 11.8 Å². The molecule has 8 heteroatoms. The van der Waals surface area contributed by atoms with Gasteiger partial charge in [-0.3, -0.25) is 14.9 Å². The van der Waals surface area contributed by atoms with Crippen LogP contribution in [0.5, 0.6) is 5.75 Å². The monoisotopic (exact) mass is 350 g/mol. The molecule has 0 bridgehead atoms. The van der Waals surface area contributed by atoms with E-state index in [2.05, 4.69) is 5.32 Å². The Morgan fingerprint density at radius 2 is 2.00 bits per heavy atom. The van der Waals surface area contributed by atoms with Crippen molar-refractivity contribution in [2.24, 2.45) is 0 Å². The van der Waals surface area contributed by atoms with E-state index in [-0.39, 0.29) is 17.8 Å². The standard InChI is InChI=1S/C16H15FN2O4S/c1-23-12-3-5-13(6-4-12)24-9-8-16(20)18-15-10-11(19(21)22)2-7-14(15)17/h2-7,10H,8-9H2,1H3,(H,18,20). The van der Waals surface area contributed by atoms with Crippen LogP contribution in [0.25, 0.3) is 0 Å². The second kappa shape index (κ2) is 8.30. The normalized spacial score (nSPS) is 10.2. The topological polar surface area (TPSA) is 81.5 Å². The van der Waals surface area contributed by atoms with Crippen molar-refractivity contribution in [3.05, 3.63) is 58.4 Å². The highest BCUT2D eigenvalue weighted by molar-refractivity contribution is 7.99. The summed E-state index contributed by atoms with van der Waals surface area (Å²) in [7, 11) is 1.58. The lowest BCUT2D eigenvalue weighted by Gasteiger charge is -2.07. The van der Waals surface area contributed by atoms with Crippen molar-refractivity contribution >= 4 is 29.0 Å². The second-order valence-electron chi connectivity index (χ2n) is 4.74. The number of benzene rings is 2. The van der Waals surface area contributed by atoms with Crippen molar-refractivity contribution in [2.75, 3.05) is 18.2 Å². The van der Waals surface area contributed by atoms with Crippen LogP contribution in [0.3, 0.4) is 0 Å². The van der Waals surface area contributed by atoms with Gasteiger partial charge in [-0.25, -0.2) is 4.39 Å². The van der Waals surface area contributed by atoms with E-state index in [0.29, 0.717) is 5.75 Å². The molecular formula is C16H15FN2O4S. The van der Waals surface area contributed by atoms with E-state index < -0.39 is 16.6 Å². The first-order chi connectivity index (χ1) is 11.5. The number of halogens is 1. The Balaban J connectivity index is 1.86. The van der Waals surface area contributed by atoms with Gasteiger partial charge in [-0.15, -0.1) is 11.8 Å². The number of non-ortho nitro benzene ring substituents is 1. The summed E-state index contributed by atoms with van der Waals surface area (Å²) in [5.74, 6) is 0.125. The zero-order chi connectivity index (χ0) is 17.5. The Bertz CT molecular complexity index is 737. The highest BCUT2D eigenvalue weighted by atomic mass is 32.2. The molecule has 0 aliphatic rings. The predicted molar refractivity (Wildman–Crippen MR) is 90.0 cm³/mol. The number of hydrogen-bond acceptors (Lipinski definition) is 5. The number of nitrogens with one attached hydrogen (secondary N) is 1. The molecule has 126 valence electrons. The third kappa shape index (κ3) is 4.95. The van der Waals surface area contributed by atoms with E-state index >= 15 is 0 Å². The Morgan fingerprint density at radius 1 is 1.29 bits per heavy atom. The van der Waals surface area contributed by atoms with Gasteiger partial charge in [0.25, 0.3) is 5.69 Å². The summed E-state index contributed by atoms with van der Waals surface area (Å²) in [6, 6.07) is 10.4. The predicted octanol–water partition coefficient (Wildman–Crippen LogP) is 3.86. The molecule has 1 N–H and O–H groups in total. The number of carbonyl (C=O) groups is 1. The molecule has 6 nitrogen and oxygen atoms in total. The van der Waals surface area contributed by atoms with Gasteiger partial charge in [0.2, 0.25) is 5.91 Å². The number of rotatable bonds is 7. The molecule has 0 aromatic heterocycles. The van der Waals surface area contributed by atoms with Gasteiger partial charge in [0.05, 0.1) is 17.7 Å². The van der Waals surface area contributed by atoms with Gasteiger partial charge in [-0.1, -0.05) is 0 Å². The highest BCUT2D eigenvalue weighted by Crippen LogP contribution is 2.23. The fourth-order valence-corrected chi connectivity index (χ4v) is 2.72. The minimum Gasteiger partial charge on any atom is -0.497 e. The smallest absolute Gasteiger partial charge is 0.271 e. The molecular weight excluding hydrogens is 335 g/mol. The molecule has 0 aliphatic carbocycles. The third-order valence-electron chi connectivity index (χ3n) is 3.09. The Kier molecular flexibility index (Phi) is 6.14. The second-order valence-corrected chi connectivity index (χ2v) is 5.91. The first-order valence-corrected chi connectivity index (χ1v) is 7.99. The van der Waals surface area contributed by atoms with Crippen molar-refractivity contribution in [1.82, 2.24) is 0 Å². The fraction of sp³-hybridized carbons (Fsp3) is 0.188. The molecule has 0 fully saturated rings. The molecule has 0 saturated heterocycles. The number of nitro benzene ring substituents is 1. The van der Waals surface area contributed by atoms with Gasteiger partial charge in [0.1, 0.15) is 11.6 Å². The number of nitrogens with zero attached hydrogens (tertiary/aromatic N) is 1. The number of hydrogen-bond donors (Lipinski definition) is 1. The first-order valence-electron chi connectivity index (χ1n) is 7.00. The molecule has 0 unspecified atom stereocenters. The van der Waals surface area contributed by atoms with Crippen molar-refractivity contribution in [2.45, 2.75) is 11.3 Å². The van der Waals surface area contributed by atoms with Gasteiger partial charge >= 0.3 is 0 Å². The van der Waals surface area contributed by atoms with Crippen LogP contribution in [0.15, 0.2) is 47.4 Å². The maximum Gasteiger partial charge on any atom is 0.271 e. The minimum atomic E-state index is -0.711. The van der Waals surface area contributed by atoms with Gasteiger partial charge in [-0.2, -0.15) is 0 Å². The van der Waals surface area contributed by atoms with E-state index in [4.69, 9.17) is 4.74 Å². The van der Waals surface area contributed by atoms with Gasteiger partial charge < -0.3 is 10.1 Å². The van der Waals surface area contributed by atoms with Crippen LogP contribution < -0.4 is 10.1 Å². The number of thioether (sulfide) groups is 1. The largest absolute Gasteiger partial charge is 0.497 e. The molecule has 0 atom stereocenters. The van der Waals surface area contributed by atoms with Crippen molar-refractivity contribution in [3.8, 4) is 5.75 Å². The minimum absolute atomic E-state index is 0.152. The van der Waals surface area contributed by atoms with E-state index in [1.807, 2.05) is 24.3 Å². The molecule has 0 radical (unpaired) electrons. The molecule has 0 saturated carbocycles. The molecule has 24 heavy (non-hydrogen) atoms. The van der Waals surface area contributed by atoms with Crippen molar-refractivity contribution in [3.63, 3.8) is 0 Å². The van der Waals surface area contributed by atoms with Crippen LogP contribution in [0, 0.1) is 15.9 Å². The van der Waals surface area contributed by atoms with Crippen LogP contribution in [0.4, 0.5) is 15.8 Å². The summed E-state index contributed by atoms with van der Waals surface area (Å²) >= 11 is 1.47. The Hall–Kier alpha value is -2.61. The van der Waals surface area contributed by atoms with Crippen LogP contribution in [-0.2, 0) is 4.79 Å². The number of carbonyl (C=O) groups excluding carboxylic acids is 1. The number of amides is 1. The summed E-state index contributed by atoms with van der Waals surface area (Å²) in [6.07, 6.45) is 0.152. The number of methoxy groups -OCH3 is 1. The van der Waals surface area contributed by atoms with E-state index in [1.165, 1.54) is 11.8 Å². The molecule has 2 aromatic rings. The zero-order valence-corrected chi connectivity index (χ0v) is 13.6. The maximum absolute atomic E-state index is 13.6. The van der Waals surface area contributed by atoms with Gasteiger partial charge in [-0.05, 0) is 30.3 Å². The number of ether oxygens (including phenoxy) is 1. The van der Waals surface area contributed by atoms with Gasteiger partial charge in [0, 0.05) is 29.2 Å². The Morgan fingerprint density at radius 3 is 2.62 bits per heavy atom. The van der Waals surface area contributed by atoms with Crippen LogP contribution in [0.1, 0.15) is 6.42 Å². The molecule has 0 spiro atoms. The first kappa shape index (κ1) is 17.7. The average Bonchev–Trinajstić information content (AvgIpc) is 2.57. The lowest BCUT2D eigenvalue weighted by Crippen LogP contribution is -2.13. The summed E-state index contributed by atoms with van der Waals surface area (Å²) in [5.41, 5.74) is -0.469. The molecule has 0 aliphatic heterocycles. The van der Waals surface area contributed by atoms with Crippen LogP contribution in [0.2, 0.25) is 0 Å². The quantitative estimate of drug-likeness (QED) is 0.466. The summed E-state index contributed by atoms with van der Waals surface area (Å²) in [6.45, 7) is 0. The zero-order valence-electron chi connectivity index (χ0n) is 12.8. The molecule has 1 amide bonds. The number of anilines is 1. The van der Waals surface area contributed by atoms with E-state index in [0.717, 1.165) is 28.8 Å². The fourth-order valence-electron chi connectivity index (χ4n) is 1.87.